The van der Waals surface area contributed by atoms with Gasteiger partial charge >= 0.3 is 0 Å². The maximum absolute atomic E-state index is 12.2. The van der Waals surface area contributed by atoms with Crippen molar-refractivity contribution < 1.29 is 18.4 Å². The van der Waals surface area contributed by atoms with Gasteiger partial charge in [0, 0.05) is 29.1 Å². The molecule has 24 heavy (non-hydrogen) atoms. The Morgan fingerprint density at radius 2 is 1.33 bits per heavy atom. The van der Waals surface area contributed by atoms with E-state index in [1.165, 1.54) is 24.3 Å². The Morgan fingerprint density at radius 1 is 0.833 bits per heavy atom. The molecule has 0 fully saturated rings. The molecular weight excluding hydrogens is 334 g/mol. The van der Waals surface area contributed by atoms with E-state index < -0.39 is 5.76 Å². The number of hydrogen-bond donors (Lipinski definition) is 2. The molecule has 0 aliphatic rings. The molecule has 126 valence electrons. The Kier molecular flexibility index (Phi) is 6.74. The fourth-order valence-electron chi connectivity index (χ4n) is 1.93. The van der Waals surface area contributed by atoms with E-state index in [9.17, 15) is 18.4 Å². The number of thioether (sulfide) groups is 1. The van der Waals surface area contributed by atoms with Crippen molar-refractivity contribution in [1.82, 2.24) is 10.6 Å². The molecule has 0 heterocycles. The minimum Gasteiger partial charge on any atom is -0.350 e. The number of halogens is 2. The highest BCUT2D eigenvalue weighted by Crippen LogP contribution is 2.25. The Labute approximate surface area is 142 Å². The van der Waals surface area contributed by atoms with Crippen LogP contribution in [0.1, 0.15) is 20.7 Å². The molecular formula is C17H16F2N2O2S. The van der Waals surface area contributed by atoms with Gasteiger partial charge in [-0.25, -0.2) is 0 Å². The van der Waals surface area contributed by atoms with Gasteiger partial charge in [-0.15, -0.1) is 0 Å². The summed E-state index contributed by atoms with van der Waals surface area (Å²) in [6.45, 7) is 0.559. The topological polar surface area (TPSA) is 58.2 Å². The molecule has 0 bridgehead atoms. The van der Waals surface area contributed by atoms with E-state index in [0.29, 0.717) is 34.3 Å². The normalized spacial score (nSPS) is 10.5. The van der Waals surface area contributed by atoms with Crippen molar-refractivity contribution in [2.75, 3.05) is 13.1 Å². The molecule has 0 unspecified atom stereocenters. The van der Waals surface area contributed by atoms with Gasteiger partial charge in [0.2, 0.25) is 0 Å². The predicted octanol–water partition coefficient (Wildman–Crippen LogP) is 3.16. The van der Waals surface area contributed by atoms with Gasteiger partial charge < -0.3 is 10.6 Å². The molecule has 0 saturated heterocycles. The molecule has 4 nitrogen and oxygen atoms in total. The van der Waals surface area contributed by atoms with E-state index in [0.717, 1.165) is 0 Å². The van der Waals surface area contributed by atoms with Crippen molar-refractivity contribution >= 4 is 23.6 Å². The van der Waals surface area contributed by atoms with E-state index in [2.05, 4.69) is 10.6 Å². The van der Waals surface area contributed by atoms with Crippen LogP contribution in [0, 0.1) is 0 Å². The van der Waals surface area contributed by atoms with E-state index in [4.69, 9.17) is 0 Å². The van der Waals surface area contributed by atoms with Crippen LogP contribution in [0.2, 0.25) is 0 Å². The molecule has 0 aromatic heterocycles. The first kappa shape index (κ1) is 17.9. The first-order valence-electron chi connectivity index (χ1n) is 7.22. The summed E-state index contributed by atoms with van der Waals surface area (Å²) in [5, 5.41) is 5.35. The van der Waals surface area contributed by atoms with Crippen LogP contribution in [0.3, 0.4) is 0 Å². The van der Waals surface area contributed by atoms with Gasteiger partial charge in [-0.1, -0.05) is 30.0 Å². The van der Waals surface area contributed by atoms with Gasteiger partial charge in [0.05, 0.1) is 0 Å². The molecule has 0 aliphatic carbocycles. The second-order valence-corrected chi connectivity index (χ2v) is 5.84. The summed E-state index contributed by atoms with van der Waals surface area (Å²) in [7, 11) is 0. The Balaban J connectivity index is 1.74. The molecule has 2 aromatic carbocycles. The number of carbonyl (C=O) groups is 2. The monoisotopic (exact) mass is 350 g/mol. The molecule has 2 rings (SSSR count). The summed E-state index contributed by atoms with van der Waals surface area (Å²) in [5.74, 6) is -3.02. The van der Waals surface area contributed by atoms with Gasteiger partial charge in [0.15, 0.2) is 0 Å². The van der Waals surface area contributed by atoms with Gasteiger partial charge in [-0.05, 0) is 36.4 Å². The van der Waals surface area contributed by atoms with Crippen molar-refractivity contribution in [2.24, 2.45) is 0 Å². The maximum Gasteiger partial charge on any atom is 0.288 e. The van der Waals surface area contributed by atoms with Crippen LogP contribution < -0.4 is 10.6 Å². The first-order chi connectivity index (χ1) is 11.6. The zero-order valence-corrected chi connectivity index (χ0v) is 13.5. The highest BCUT2D eigenvalue weighted by molar-refractivity contribution is 7.99. The van der Waals surface area contributed by atoms with Crippen molar-refractivity contribution in [2.45, 2.75) is 10.7 Å². The number of alkyl halides is 2. The third-order valence-corrected chi connectivity index (χ3v) is 3.80. The lowest BCUT2D eigenvalue weighted by Crippen LogP contribution is -2.34. The predicted molar refractivity (Wildman–Crippen MR) is 89.4 cm³/mol. The Hall–Kier alpha value is -2.41. The molecule has 0 radical (unpaired) electrons. The number of amides is 2. The van der Waals surface area contributed by atoms with Crippen LogP contribution in [0.25, 0.3) is 0 Å². The number of carbonyl (C=O) groups excluding carboxylic acids is 2. The zero-order chi connectivity index (χ0) is 17.4. The Bertz CT molecular complexity index is 679. The average molecular weight is 350 g/mol. The lowest BCUT2D eigenvalue weighted by molar-refractivity contribution is 0.0927. The van der Waals surface area contributed by atoms with Crippen molar-refractivity contribution in [3.63, 3.8) is 0 Å². The van der Waals surface area contributed by atoms with Crippen LogP contribution in [0.5, 0.6) is 0 Å². The standard InChI is InChI=1S/C17H16F2N2O2S/c18-17(19)24-14-8-6-13(7-9-14)16(23)21-11-10-20-15(22)12-4-2-1-3-5-12/h1-9,17H,10-11H2,(H,20,22)(H,21,23). The highest BCUT2D eigenvalue weighted by atomic mass is 32.2. The third kappa shape index (κ3) is 5.66. The van der Waals surface area contributed by atoms with Gasteiger partial charge in [0.25, 0.3) is 17.6 Å². The highest BCUT2D eigenvalue weighted by Gasteiger charge is 2.08. The molecule has 7 heteroatoms. The lowest BCUT2D eigenvalue weighted by Gasteiger charge is -2.08. The largest absolute Gasteiger partial charge is 0.350 e. The minimum atomic E-state index is -2.49. The first-order valence-corrected chi connectivity index (χ1v) is 8.10. The number of nitrogens with one attached hydrogen (secondary N) is 2. The SMILES string of the molecule is O=C(NCCNC(=O)c1ccc(SC(F)F)cc1)c1ccccc1. The fourth-order valence-corrected chi connectivity index (χ4v) is 2.43. The van der Waals surface area contributed by atoms with Crippen molar-refractivity contribution in [1.29, 1.82) is 0 Å². The van der Waals surface area contributed by atoms with E-state index in [1.807, 2.05) is 6.07 Å². The minimum absolute atomic E-state index is 0.210. The summed E-state index contributed by atoms with van der Waals surface area (Å²) < 4.78 is 24.4. The van der Waals surface area contributed by atoms with Crippen LogP contribution in [0.15, 0.2) is 59.5 Å². The van der Waals surface area contributed by atoms with Gasteiger partial charge in [-0.3, -0.25) is 9.59 Å². The number of benzene rings is 2. The smallest absolute Gasteiger partial charge is 0.288 e. The molecule has 2 N–H and O–H groups in total. The van der Waals surface area contributed by atoms with Gasteiger partial charge in [-0.2, -0.15) is 8.78 Å². The number of hydrogen-bond acceptors (Lipinski definition) is 3. The summed E-state index contributed by atoms with van der Waals surface area (Å²) in [6, 6.07) is 14.7. The van der Waals surface area contributed by atoms with E-state index >= 15 is 0 Å². The van der Waals surface area contributed by atoms with Crippen LogP contribution in [-0.4, -0.2) is 30.7 Å². The van der Waals surface area contributed by atoms with Crippen LogP contribution in [0.4, 0.5) is 8.78 Å². The molecule has 0 spiro atoms. The summed E-state index contributed by atoms with van der Waals surface area (Å²) in [5.41, 5.74) is 0.930. The van der Waals surface area contributed by atoms with Crippen molar-refractivity contribution in [3.8, 4) is 0 Å². The molecule has 0 saturated carbocycles. The zero-order valence-electron chi connectivity index (χ0n) is 12.7. The quantitative estimate of drug-likeness (QED) is 0.596. The molecule has 0 aliphatic heterocycles. The Morgan fingerprint density at radius 3 is 1.83 bits per heavy atom. The molecule has 2 amide bonds. The summed E-state index contributed by atoms with van der Waals surface area (Å²) in [6.07, 6.45) is 0. The van der Waals surface area contributed by atoms with Crippen LogP contribution >= 0.6 is 11.8 Å². The fraction of sp³-hybridized carbons (Fsp3) is 0.176. The molecule has 2 aromatic rings. The number of rotatable bonds is 7. The second kappa shape index (κ2) is 9.02. The van der Waals surface area contributed by atoms with Gasteiger partial charge in [0.1, 0.15) is 0 Å². The average Bonchev–Trinajstić information content (AvgIpc) is 2.59. The van der Waals surface area contributed by atoms with Crippen molar-refractivity contribution in [3.05, 3.63) is 65.7 Å². The van der Waals surface area contributed by atoms with E-state index in [1.54, 1.807) is 24.3 Å². The maximum atomic E-state index is 12.2. The lowest BCUT2D eigenvalue weighted by atomic mass is 10.2. The second-order valence-electron chi connectivity index (χ2n) is 4.78. The summed E-state index contributed by atoms with van der Waals surface area (Å²) >= 11 is 0.429. The summed E-state index contributed by atoms with van der Waals surface area (Å²) in [4.78, 5) is 24.1. The molecule has 0 atom stereocenters. The third-order valence-electron chi connectivity index (χ3n) is 3.07. The van der Waals surface area contributed by atoms with E-state index in [-0.39, 0.29) is 18.4 Å². The van der Waals surface area contributed by atoms with Crippen LogP contribution in [-0.2, 0) is 0 Å².